The number of halogens is 1. The van der Waals surface area contributed by atoms with Crippen LogP contribution in [0.5, 0.6) is 0 Å². The summed E-state index contributed by atoms with van der Waals surface area (Å²) < 4.78 is 4.81. The van der Waals surface area contributed by atoms with Crippen molar-refractivity contribution >= 4 is 23.2 Å². The average Bonchev–Trinajstić information content (AvgIpc) is 2.69. The molecule has 1 heterocycles. The number of nitrogens with zero attached hydrogens (tertiary/aromatic N) is 2. The van der Waals surface area contributed by atoms with Gasteiger partial charge in [-0.1, -0.05) is 22.8 Å². The lowest BCUT2D eigenvalue weighted by molar-refractivity contribution is -0.115. The van der Waals surface area contributed by atoms with Crippen molar-refractivity contribution in [3.05, 3.63) is 40.0 Å². The fourth-order valence-corrected chi connectivity index (χ4v) is 2.18. The predicted molar refractivity (Wildman–Crippen MR) is 72.3 cm³/mol. The standard InChI is InChI=1S/C13H14ClN3O2/c1-7-4-8(2)13(10(14)5-7)16-12(18)6-11-15-9(3)19-17-11/h4-5H,6H2,1-3H3,(H,16,18). The van der Waals surface area contributed by atoms with Crippen LogP contribution < -0.4 is 5.32 Å². The van der Waals surface area contributed by atoms with Crippen LogP contribution in [0.4, 0.5) is 5.69 Å². The number of nitrogens with one attached hydrogen (secondary N) is 1. The van der Waals surface area contributed by atoms with E-state index in [-0.39, 0.29) is 12.3 Å². The van der Waals surface area contributed by atoms with E-state index >= 15 is 0 Å². The Morgan fingerprint density at radius 1 is 1.37 bits per heavy atom. The second kappa shape index (κ2) is 5.40. The molecule has 0 radical (unpaired) electrons. The van der Waals surface area contributed by atoms with Crippen molar-refractivity contribution in [2.75, 3.05) is 5.32 Å². The monoisotopic (exact) mass is 279 g/mol. The highest BCUT2D eigenvalue weighted by molar-refractivity contribution is 6.34. The number of anilines is 1. The smallest absolute Gasteiger partial charge is 0.232 e. The summed E-state index contributed by atoms with van der Waals surface area (Å²) in [6.45, 7) is 5.52. The SMILES string of the molecule is Cc1cc(C)c(NC(=O)Cc2noc(C)n2)c(Cl)c1. The Morgan fingerprint density at radius 3 is 2.68 bits per heavy atom. The third kappa shape index (κ3) is 3.32. The van der Waals surface area contributed by atoms with Crippen LogP contribution in [-0.2, 0) is 11.2 Å². The summed E-state index contributed by atoms with van der Waals surface area (Å²) in [4.78, 5) is 15.9. The first-order valence-electron chi connectivity index (χ1n) is 5.81. The van der Waals surface area contributed by atoms with E-state index in [1.807, 2.05) is 26.0 Å². The Bertz CT molecular complexity index is 599. The van der Waals surface area contributed by atoms with E-state index in [1.54, 1.807) is 6.92 Å². The third-order valence-electron chi connectivity index (χ3n) is 2.58. The first-order chi connectivity index (χ1) is 8.95. The highest BCUT2D eigenvalue weighted by atomic mass is 35.5. The van der Waals surface area contributed by atoms with Crippen LogP contribution in [0.25, 0.3) is 0 Å². The largest absolute Gasteiger partial charge is 0.340 e. The molecular formula is C13H14ClN3O2. The lowest BCUT2D eigenvalue weighted by atomic mass is 10.1. The van der Waals surface area contributed by atoms with Crippen molar-refractivity contribution < 1.29 is 9.32 Å². The number of amides is 1. The molecule has 0 aliphatic carbocycles. The number of aromatic nitrogens is 2. The molecule has 0 saturated heterocycles. The van der Waals surface area contributed by atoms with Crippen LogP contribution in [0, 0.1) is 20.8 Å². The number of aryl methyl sites for hydroxylation is 3. The van der Waals surface area contributed by atoms with Crippen molar-refractivity contribution in [2.24, 2.45) is 0 Å². The van der Waals surface area contributed by atoms with Gasteiger partial charge < -0.3 is 9.84 Å². The summed E-state index contributed by atoms with van der Waals surface area (Å²) in [6, 6.07) is 3.77. The fourth-order valence-electron chi connectivity index (χ4n) is 1.81. The van der Waals surface area contributed by atoms with Gasteiger partial charge in [-0.3, -0.25) is 4.79 Å². The van der Waals surface area contributed by atoms with E-state index in [0.29, 0.717) is 22.4 Å². The summed E-state index contributed by atoms with van der Waals surface area (Å²) in [5, 5.41) is 6.97. The molecule has 2 rings (SSSR count). The van der Waals surface area contributed by atoms with Crippen molar-refractivity contribution in [1.29, 1.82) is 0 Å². The first kappa shape index (κ1) is 13.5. The molecule has 0 saturated carbocycles. The van der Waals surface area contributed by atoms with Crippen LogP contribution in [-0.4, -0.2) is 16.0 Å². The van der Waals surface area contributed by atoms with E-state index in [4.69, 9.17) is 16.1 Å². The lowest BCUT2D eigenvalue weighted by Crippen LogP contribution is -2.16. The van der Waals surface area contributed by atoms with Gasteiger partial charge in [-0.2, -0.15) is 4.98 Å². The van der Waals surface area contributed by atoms with E-state index in [1.165, 1.54) is 0 Å². The molecular weight excluding hydrogens is 266 g/mol. The summed E-state index contributed by atoms with van der Waals surface area (Å²) in [6.07, 6.45) is 0.0565. The number of rotatable bonds is 3. The second-order valence-corrected chi connectivity index (χ2v) is 4.80. The summed E-state index contributed by atoms with van der Waals surface area (Å²) in [5.41, 5.74) is 2.59. The zero-order chi connectivity index (χ0) is 14.0. The molecule has 0 aliphatic rings. The molecule has 6 heteroatoms. The molecule has 1 aromatic heterocycles. The zero-order valence-corrected chi connectivity index (χ0v) is 11.7. The molecule has 1 amide bonds. The molecule has 1 N–H and O–H groups in total. The maximum absolute atomic E-state index is 11.9. The van der Waals surface area contributed by atoms with Crippen molar-refractivity contribution in [3.8, 4) is 0 Å². The van der Waals surface area contributed by atoms with Crippen LogP contribution in [0.15, 0.2) is 16.7 Å². The summed E-state index contributed by atoms with van der Waals surface area (Å²) in [5.74, 6) is 0.567. The molecule has 100 valence electrons. The van der Waals surface area contributed by atoms with Crippen LogP contribution in [0.1, 0.15) is 22.8 Å². The van der Waals surface area contributed by atoms with Crippen LogP contribution in [0.3, 0.4) is 0 Å². The minimum Gasteiger partial charge on any atom is -0.340 e. The first-order valence-corrected chi connectivity index (χ1v) is 6.19. The van der Waals surface area contributed by atoms with Gasteiger partial charge >= 0.3 is 0 Å². The average molecular weight is 280 g/mol. The van der Waals surface area contributed by atoms with Gasteiger partial charge in [-0.25, -0.2) is 0 Å². The highest BCUT2D eigenvalue weighted by Gasteiger charge is 2.12. The Morgan fingerprint density at radius 2 is 2.11 bits per heavy atom. The van der Waals surface area contributed by atoms with E-state index in [0.717, 1.165) is 11.1 Å². The fraction of sp³-hybridized carbons (Fsp3) is 0.308. The molecule has 0 atom stereocenters. The van der Waals surface area contributed by atoms with Gasteiger partial charge in [0, 0.05) is 6.92 Å². The van der Waals surface area contributed by atoms with Gasteiger partial charge in [-0.05, 0) is 31.0 Å². The molecule has 19 heavy (non-hydrogen) atoms. The number of hydrogen-bond acceptors (Lipinski definition) is 4. The molecule has 2 aromatic rings. The molecule has 0 spiro atoms. The van der Waals surface area contributed by atoms with Gasteiger partial charge in [-0.15, -0.1) is 0 Å². The minimum absolute atomic E-state index is 0.0565. The minimum atomic E-state index is -0.227. The normalized spacial score (nSPS) is 10.5. The van der Waals surface area contributed by atoms with Crippen LogP contribution in [0.2, 0.25) is 5.02 Å². The molecule has 0 bridgehead atoms. The molecule has 5 nitrogen and oxygen atoms in total. The predicted octanol–water partition coefficient (Wildman–Crippen LogP) is 2.83. The summed E-state index contributed by atoms with van der Waals surface area (Å²) >= 11 is 6.12. The maximum atomic E-state index is 11.9. The number of hydrogen-bond donors (Lipinski definition) is 1. The van der Waals surface area contributed by atoms with E-state index in [9.17, 15) is 4.79 Å². The lowest BCUT2D eigenvalue weighted by Gasteiger charge is -2.10. The van der Waals surface area contributed by atoms with E-state index in [2.05, 4.69) is 15.5 Å². The molecule has 1 aromatic carbocycles. The third-order valence-corrected chi connectivity index (χ3v) is 2.88. The summed E-state index contributed by atoms with van der Waals surface area (Å²) in [7, 11) is 0. The number of carbonyl (C=O) groups is 1. The Labute approximate surface area is 116 Å². The van der Waals surface area contributed by atoms with Gasteiger partial charge in [0.15, 0.2) is 5.82 Å². The van der Waals surface area contributed by atoms with E-state index < -0.39 is 0 Å². The Hall–Kier alpha value is -1.88. The molecule has 0 fully saturated rings. The number of benzene rings is 1. The van der Waals surface area contributed by atoms with Gasteiger partial charge in [0.05, 0.1) is 17.1 Å². The van der Waals surface area contributed by atoms with Crippen molar-refractivity contribution in [1.82, 2.24) is 10.1 Å². The van der Waals surface area contributed by atoms with Gasteiger partial charge in [0.1, 0.15) is 0 Å². The van der Waals surface area contributed by atoms with Crippen molar-refractivity contribution in [2.45, 2.75) is 27.2 Å². The zero-order valence-electron chi connectivity index (χ0n) is 11.0. The van der Waals surface area contributed by atoms with Gasteiger partial charge in [0.25, 0.3) is 0 Å². The van der Waals surface area contributed by atoms with Gasteiger partial charge in [0.2, 0.25) is 11.8 Å². The Kier molecular flexibility index (Phi) is 3.85. The quantitative estimate of drug-likeness (QED) is 0.938. The molecule has 0 aliphatic heterocycles. The Balaban J connectivity index is 2.11. The second-order valence-electron chi connectivity index (χ2n) is 4.39. The van der Waals surface area contributed by atoms with Crippen LogP contribution >= 0.6 is 11.6 Å². The highest BCUT2D eigenvalue weighted by Crippen LogP contribution is 2.27. The number of carbonyl (C=O) groups excluding carboxylic acids is 1. The molecule has 0 unspecified atom stereocenters. The topological polar surface area (TPSA) is 68.0 Å². The van der Waals surface area contributed by atoms with Crippen molar-refractivity contribution in [3.63, 3.8) is 0 Å². The maximum Gasteiger partial charge on any atom is 0.232 e.